The maximum atomic E-state index is 14.0. The van der Waals surface area contributed by atoms with Crippen molar-refractivity contribution in [2.75, 3.05) is 0 Å². The summed E-state index contributed by atoms with van der Waals surface area (Å²) in [5.41, 5.74) is 4.88. The molecule has 0 spiro atoms. The number of pyridine rings is 1. The van der Waals surface area contributed by atoms with Gasteiger partial charge in [-0.05, 0) is 69.7 Å². The lowest BCUT2D eigenvalue weighted by atomic mass is 9.81. The number of fused-ring (bicyclic) bond motifs is 4. The van der Waals surface area contributed by atoms with Crippen LogP contribution < -0.4 is 0 Å². The Hall–Kier alpha value is -3.16. The molecular weight excluding hydrogens is 441 g/mol. The Kier molecular flexibility index (Phi) is 4.83. The number of carbonyl (C=O) groups is 1. The number of rotatable bonds is 3. The fourth-order valence-corrected chi connectivity index (χ4v) is 5.75. The molecule has 5 nitrogen and oxygen atoms in total. The number of hydrogen-bond donors (Lipinski definition) is 0. The average Bonchev–Trinajstić information content (AvgIpc) is 3.60. The SMILES string of the molecule is Cc1nc(C2CC2)ccc1C(=O)N1[C@H]2CCC[C@@H]1c1nn(C)c(-c3cc(F)c(F)c(F)c3)c1C2. The van der Waals surface area contributed by atoms with Crippen molar-refractivity contribution in [3.05, 3.63) is 69.9 Å². The maximum absolute atomic E-state index is 14.0. The molecule has 1 saturated heterocycles. The molecule has 1 aliphatic carbocycles. The molecule has 1 saturated carbocycles. The minimum absolute atomic E-state index is 0.0423. The molecule has 2 aliphatic heterocycles. The van der Waals surface area contributed by atoms with Crippen molar-refractivity contribution in [2.24, 2.45) is 7.05 Å². The largest absolute Gasteiger partial charge is 0.327 e. The highest BCUT2D eigenvalue weighted by molar-refractivity contribution is 5.96. The summed E-state index contributed by atoms with van der Waals surface area (Å²) < 4.78 is 43.2. The summed E-state index contributed by atoms with van der Waals surface area (Å²) in [6.07, 6.45) is 5.43. The Morgan fingerprint density at radius 3 is 2.47 bits per heavy atom. The zero-order chi connectivity index (χ0) is 23.7. The minimum atomic E-state index is -1.48. The molecule has 3 aromatic rings. The predicted molar refractivity (Wildman–Crippen MR) is 120 cm³/mol. The molecule has 2 atom stereocenters. The summed E-state index contributed by atoms with van der Waals surface area (Å²) in [5.74, 6) is -3.46. The molecule has 3 aliphatic rings. The first kappa shape index (κ1) is 21.4. The van der Waals surface area contributed by atoms with Gasteiger partial charge in [0.05, 0.1) is 28.7 Å². The monoisotopic (exact) mass is 466 g/mol. The van der Waals surface area contributed by atoms with Crippen molar-refractivity contribution in [2.45, 2.75) is 63.5 Å². The smallest absolute Gasteiger partial charge is 0.256 e. The normalized spacial score (nSPS) is 21.5. The van der Waals surface area contributed by atoms with Crippen molar-refractivity contribution in [3.63, 3.8) is 0 Å². The molecule has 1 aromatic carbocycles. The van der Waals surface area contributed by atoms with E-state index >= 15 is 0 Å². The Bertz CT molecular complexity index is 1310. The lowest BCUT2D eigenvalue weighted by Gasteiger charge is -2.45. The summed E-state index contributed by atoms with van der Waals surface area (Å²) >= 11 is 0. The van der Waals surface area contributed by atoms with E-state index in [2.05, 4.69) is 0 Å². The number of nitrogens with zero attached hydrogens (tertiary/aromatic N) is 4. The first-order valence-electron chi connectivity index (χ1n) is 11.8. The third kappa shape index (κ3) is 3.26. The van der Waals surface area contributed by atoms with Gasteiger partial charge in [0.25, 0.3) is 5.91 Å². The maximum Gasteiger partial charge on any atom is 0.256 e. The number of piperidine rings is 1. The summed E-state index contributed by atoms with van der Waals surface area (Å²) in [4.78, 5) is 20.4. The van der Waals surface area contributed by atoms with Gasteiger partial charge < -0.3 is 4.90 Å². The van der Waals surface area contributed by atoms with Crippen molar-refractivity contribution in [1.29, 1.82) is 0 Å². The van der Waals surface area contributed by atoms with Gasteiger partial charge in [0, 0.05) is 35.8 Å². The third-order valence-electron chi connectivity index (χ3n) is 7.50. The average molecular weight is 467 g/mol. The van der Waals surface area contributed by atoms with Crippen LogP contribution >= 0.6 is 0 Å². The molecule has 6 rings (SSSR count). The number of halogens is 3. The summed E-state index contributed by atoms with van der Waals surface area (Å²) in [6, 6.07) is 5.64. The predicted octanol–water partition coefficient (Wildman–Crippen LogP) is 5.38. The Morgan fingerprint density at radius 2 is 1.79 bits per heavy atom. The van der Waals surface area contributed by atoms with Gasteiger partial charge in [0.15, 0.2) is 17.5 Å². The van der Waals surface area contributed by atoms with Crippen LogP contribution in [0.3, 0.4) is 0 Å². The Labute approximate surface area is 195 Å². The fourth-order valence-electron chi connectivity index (χ4n) is 5.75. The molecule has 1 amide bonds. The van der Waals surface area contributed by atoms with Crippen LogP contribution in [-0.4, -0.2) is 31.6 Å². The molecule has 2 aromatic heterocycles. The highest BCUT2D eigenvalue weighted by atomic mass is 19.2. The topological polar surface area (TPSA) is 51.0 Å². The van der Waals surface area contributed by atoms with E-state index < -0.39 is 17.5 Å². The van der Waals surface area contributed by atoms with Crippen molar-refractivity contribution in [1.82, 2.24) is 19.7 Å². The highest BCUT2D eigenvalue weighted by Crippen LogP contribution is 2.45. The lowest BCUT2D eigenvalue weighted by Crippen LogP contribution is -2.50. The molecule has 176 valence electrons. The first-order valence-corrected chi connectivity index (χ1v) is 11.8. The van der Waals surface area contributed by atoms with Crippen LogP contribution in [0.1, 0.15) is 77.1 Å². The van der Waals surface area contributed by atoms with E-state index in [0.717, 1.165) is 66.9 Å². The van der Waals surface area contributed by atoms with Gasteiger partial charge in [-0.2, -0.15) is 5.10 Å². The second-order valence-corrected chi connectivity index (χ2v) is 9.75. The first-order chi connectivity index (χ1) is 16.3. The van der Waals surface area contributed by atoms with Crippen LogP contribution in [0.4, 0.5) is 13.2 Å². The van der Waals surface area contributed by atoms with E-state index in [1.165, 1.54) is 0 Å². The molecule has 2 bridgehead atoms. The molecule has 4 heterocycles. The zero-order valence-corrected chi connectivity index (χ0v) is 19.1. The second kappa shape index (κ2) is 7.68. The molecule has 34 heavy (non-hydrogen) atoms. The molecule has 0 N–H and O–H groups in total. The second-order valence-electron chi connectivity index (χ2n) is 9.75. The van der Waals surface area contributed by atoms with Crippen LogP contribution in [0.5, 0.6) is 0 Å². The standard InChI is InChI=1S/C26H25F3N4O/c1-13-17(8-9-21(30-13)14-6-7-14)26(34)33-16-4-3-5-22(33)24-18(12-16)25(32(2)31-24)15-10-19(27)23(29)20(28)11-15/h8-11,14,16,22H,3-7,12H2,1-2H3/t16-,22+/m0/s1. The Balaban J connectivity index is 1.40. The van der Waals surface area contributed by atoms with E-state index in [1.807, 2.05) is 24.0 Å². The van der Waals surface area contributed by atoms with Gasteiger partial charge in [-0.15, -0.1) is 0 Å². The Morgan fingerprint density at radius 1 is 1.06 bits per heavy atom. The number of benzene rings is 1. The van der Waals surface area contributed by atoms with E-state index in [4.69, 9.17) is 10.1 Å². The van der Waals surface area contributed by atoms with Gasteiger partial charge in [0.1, 0.15) is 0 Å². The molecule has 0 radical (unpaired) electrons. The number of hydrogen-bond acceptors (Lipinski definition) is 3. The van der Waals surface area contributed by atoms with Gasteiger partial charge in [-0.3, -0.25) is 14.5 Å². The van der Waals surface area contributed by atoms with E-state index in [-0.39, 0.29) is 23.6 Å². The van der Waals surface area contributed by atoms with Crippen LogP contribution in [-0.2, 0) is 13.5 Å². The summed E-state index contributed by atoms with van der Waals surface area (Å²) in [6.45, 7) is 1.89. The van der Waals surface area contributed by atoms with Crippen LogP contribution in [0.2, 0.25) is 0 Å². The lowest BCUT2D eigenvalue weighted by molar-refractivity contribution is 0.0390. The highest BCUT2D eigenvalue weighted by Gasteiger charge is 2.44. The van der Waals surface area contributed by atoms with E-state index in [1.54, 1.807) is 11.7 Å². The van der Waals surface area contributed by atoms with Crippen LogP contribution in [0, 0.1) is 24.4 Å². The molecule has 8 heteroatoms. The van der Waals surface area contributed by atoms with Crippen molar-refractivity contribution >= 4 is 5.91 Å². The van der Waals surface area contributed by atoms with Crippen LogP contribution in [0.15, 0.2) is 24.3 Å². The summed E-state index contributed by atoms with van der Waals surface area (Å²) in [7, 11) is 1.72. The number of aromatic nitrogens is 3. The minimum Gasteiger partial charge on any atom is -0.327 e. The van der Waals surface area contributed by atoms with Crippen molar-refractivity contribution < 1.29 is 18.0 Å². The quantitative estimate of drug-likeness (QED) is 0.487. The van der Waals surface area contributed by atoms with Gasteiger partial charge in [-0.25, -0.2) is 13.2 Å². The van der Waals surface area contributed by atoms with Gasteiger partial charge in [0.2, 0.25) is 0 Å². The van der Waals surface area contributed by atoms with Crippen LogP contribution in [0.25, 0.3) is 11.3 Å². The van der Waals surface area contributed by atoms with Gasteiger partial charge in [-0.1, -0.05) is 0 Å². The third-order valence-corrected chi connectivity index (χ3v) is 7.50. The number of amides is 1. The zero-order valence-electron chi connectivity index (χ0n) is 19.1. The summed E-state index contributed by atoms with van der Waals surface area (Å²) in [5, 5.41) is 4.69. The molecular formula is C26H25F3N4O. The number of aryl methyl sites for hydroxylation is 2. The molecule has 2 fully saturated rings. The fraction of sp³-hybridized carbons (Fsp3) is 0.423. The molecule has 0 unspecified atom stereocenters. The van der Waals surface area contributed by atoms with Gasteiger partial charge >= 0.3 is 0 Å². The van der Waals surface area contributed by atoms with E-state index in [0.29, 0.717) is 23.6 Å². The van der Waals surface area contributed by atoms with E-state index in [9.17, 15) is 18.0 Å². The number of carbonyl (C=O) groups excluding carboxylic acids is 1. The van der Waals surface area contributed by atoms with Crippen molar-refractivity contribution in [3.8, 4) is 11.3 Å².